The summed E-state index contributed by atoms with van der Waals surface area (Å²) < 4.78 is 53.5. The average Bonchev–Trinajstić information content (AvgIpc) is 2.67. The number of benzene rings is 1. The molecule has 0 radical (unpaired) electrons. The predicted octanol–water partition coefficient (Wildman–Crippen LogP) is 2.96. The average molecular weight is 294 g/mol. The van der Waals surface area contributed by atoms with Crippen molar-refractivity contribution in [1.29, 1.82) is 0 Å². The van der Waals surface area contributed by atoms with E-state index in [2.05, 4.69) is 3.98 Å². The number of aromatic nitrogens is 1. The molecule has 0 aliphatic heterocycles. The van der Waals surface area contributed by atoms with Gasteiger partial charge in [-0.3, -0.25) is 0 Å². The molecular formula is C10H5F4NSe. The first-order valence-corrected chi connectivity index (χ1v) is 5.89. The maximum absolute atomic E-state index is 12.6. The minimum atomic E-state index is -4.40. The van der Waals surface area contributed by atoms with Crippen LogP contribution >= 0.6 is 0 Å². The second kappa shape index (κ2) is 4.03. The van der Waals surface area contributed by atoms with Crippen molar-refractivity contribution in [2.75, 3.05) is 0 Å². The molecule has 0 fully saturated rings. The Labute approximate surface area is 94.7 Å². The molecule has 0 amide bonds. The monoisotopic (exact) mass is 295 g/mol. The van der Waals surface area contributed by atoms with E-state index in [1.807, 2.05) is 0 Å². The van der Waals surface area contributed by atoms with Gasteiger partial charge in [-0.1, -0.05) is 0 Å². The third-order valence-corrected chi connectivity index (χ3v) is 3.69. The second-order valence-electron chi connectivity index (χ2n) is 3.08. The van der Waals surface area contributed by atoms with E-state index in [1.54, 1.807) is 0 Å². The minimum absolute atomic E-state index is 0.410. The number of hydrogen-bond donors (Lipinski definition) is 0. The summed E-state index contributed by atoms with van der Waals surface area (Å²) in [4.78, 5) is 0. The summed E-state index contributed by atoms with van der Waals surface area (Å²) in [6.45, 7) is 0. The van der Waals surface area contributed by atoms with Crippen molar-refractivity contribution in [3.05, 3.63) is 41.8 Å². The van der Waals surface area contributed by atoms with Crippen LogP contribution in [0.5, 0.6) is 0 Å². The summed E-state index contributed by atoms with van der Waals surface area (Å²) in [5.41, 5.74) is -0.267. The molecule has 0 saturated heterocycles. The van der Waals surface area contributed by atoms with Crippen molar-refractivity contribution in [2.24, 2.45) is 0 Å². The number of halogens is 4. The van der Waals surface area contributed by atoms with Gasteiger partial charge in [0.15, 0.2) is 0 Å². The van der Waals surface area contributed by atoms with Crippen LogP contribution in [0.15, 0.2) is 30.3 Å². The number of hydrogen-bond acceptors (Lipinski definition) is 1. The van der Waals surface area contributed by atoms with Crippen LogP contribution < -0.4 is 0 Å². The molecule has 1 aromatic carbocycles. The second-order valence-corrected chi connectivity index (χ2v) is 4.77. The molecule has 2 rings (SSSR count). The summed E-state index contributed by atoms with van der Waals surface area (Å²) in [7, 11) is 0. The normalized spacial score (nSPS) is 11.8. The van der Waals surface area contributed by atoms with E-state index < -0.39 is 32.4 Å². The van der Waals surface area contributed by atoms with Gasteiger partial charge in [0.1, 0.15) is 0 Å². The SMILES string of the molecule is Fc1ccc(-c2cc(C(F)(F)F)n[se]2)cc1. The molecule has 84 valence electrons. The van der Waals surface area contributed by atoms with Crippen molar-refractivity contribution in [2.45, 2.75) is 6.18 Å². The van der Waals surface area contributed by atoms with Gasteiger partial charge in [0.05, 0.1) is 0 Å². The van der Waals surface area contributed by atoms with Crippen LogP contribution in [0.1, 0.15) is 5.69 Å². The fourth-order valence-electron chi connectivity index (χ4n) is 1.16. The topological polar surface area (TPSA) is 12.9 Å². The number of nitrogens with zero attached hydrogens (tertiary/aromatic N) is 1. The zero-order chi connectivity index (χ0) is 11.8. The molecule has 2 aromatic rings. The Morgan fingerprint density at radius 3 is 2.19 bits per heavy atom. The van der Waals surface area contributed by atoms with Crippen molar-refractivity contribution in [3.8, 4) is 10.0 Å². The maximum atomic E-state index is 12.6. The number of alkyl halides is 3. The zero-order valence-electron chi connectivity index (χ0n) is 7.75. The van der Waals surface area contributed by atoms with Gasteiger partial charge in [-0.2, -0.15) is 0 Å². The molecule has 0 atom stereocenters. The molecule has 0 N–H and O–H groups in total. The van der Waals surface area contributed by atoms with Crippen molar-refractivity contribution in [1.82, 2.24) is 3.98 Å². The number of rotatable bonds is 1. The van der Waals surface area contributed by atoms with Gasteiger partial charge >= 0.3 is 94.3 Å². The van der Waals surface area contributed by atoms with Crippen LogP contribution in [0.4, 0.5) is 17.6 Å². The summed E-state index contributed by atoms with van der Waals surface area (Å²) >= 11 is -0.581. The molecule has 0 aliphatic rings. The van der Waals surface area contributed by atoms with Gasteiger partial charge in [-0.25, -0.2) is 0 Å². The Hall–Kier alpha value is -1.13. The van der Waals surface area contributed by atoms with Gasteiger partial charge in [0.25, 0.3) is 0 Å². The van der Waals surface area contributed by atoms with Gasteiger partial charge in [0, 0.05) is 0 Å². The summed E-state index contributed by atoms with van der Waals surface area (Å²) in [5, 5.41) is 0. The van der Waals surface area contributed by atoms with Crippen molar-refractivity contribution < 1.29 is 17.6 Å². The Morgan fingerprint density at radius 2 is 1.69 bits per heavy atom. The van der Waals surface area contributed by atoms with E-state index in [-0.39, 0.29) is 0 Å². The third kappa shape index (κ3) is 2.33. The first-order chi connectivity index (χ1) is 7.47. The van der Waals surface area contributed by atoms with Crippen LogP contribution in [0.2, 0.25) is 0 Å². The van der Waals surface area contributed by atoms with Gasteiger partial charge in [-0.15, -0.1) is 0 Å². The van der Waals surface area contributed by atoms with Crippen LogP contribution in [0, 0.1) is 5.82 Å². The van der Waals surface area contributed by atoms with Crippen LogP contribution in [-0.2, 0) is 6.18 Å². The molecule has 16 heavy (non-hydrogen) atoms. The molecule has 1 heterocycles. The van der Waals surface area contributed by atoms with Gasteiger partial charge in [-0.05, 0) is 0 Å². The zero-order valence-corrected chi connectivity index (χ0v) is 9.47. The molecule has 0 bridgehead atoms. The molecule has 6 heteroatoms. The predicted molar refractivity (Wildman–Crippen MR) is 51.6 cm³/mol. The molecule has 0 unspecified atom stereocenters. The molecule has 0 aliphatic carbocycles. The van der Waals surface area contributed by atoms with Crippen molar-refractivity contribution in [3.63, 3.8) is 0 Å². The third-order valence-electron chi connectivity index (χ3n) is 1.93. The van der Waals surface area contributed by atoms with E-state index in [1.165, 1.54) is 24.3 Å². The first-order valence-electron chi connectivity index (χ1n) is 4.26. The van der Waals surface area contributed by atoms with Gasteiger partial charge in [0.2, 0.25) is 0 Å². The van der Waals surface area contributed by atoms with E-state index in [0.29, 0.717) is 10.0 Å². The Kier molecular flexibility index (Phi) is 2.86. The van der Waals surface area contributed by atoms with E-state index in [9.17, 15) is 17.6 Å². The van der Waals surface area contributed by atoms with Crippen molar-refractivity contribution >= 4 is 14.7 Å². The van der Waals surface area contributed by atoms with Crippen LogP contribution in [0.25, 0.3) is 10.0 Å². The fourth-order valence-corrected chi connectivity index (χ4v) is 2.75. The van der Waals surface area contributed by atoms with Crippen LogP contribution in [0.3, 0.4) is 0 Å². The Balaban J connectivity index is 2.35. The van der Waals surface area contributed by atoms with E-state index in [0.717, 1.165) is 6.07 Å². The van der Waals surface area contributed by atoms with Gasteiger partial charge < -0.3 is 0 Å². The summed E-state index contributed by atoms with van der Waals surface area (Å²) in [6, 6.07) is 6.37. The van der Waals surface area contributed by atoms with E-state index >= 15 is 0 Å². The summed E-state index contributed by atoms with van der Waals surface area (Å²) in [5.74, 6) is -0.410. The molecule has 1 nitrogen and oxygen atoms in total. The first kappa shape index (κ1) is 11.4. The summed E-state index contributed by atoms with van der Waals surface area (Å²) in [6.07, 6.45) is -4.40. The Morgan fingerprint density at radius 1 is 1.06 bits per heavy atom. The molecule has 0 spiro atoms. The van der Waals surface area contributed by atoms with E-state index in [4.69, 9.17) is 0 Å². The fraction of sp³-hybridized carbons (Fsp3) is 0.100. The Bertz CT molecular complexity index is 486. The molecule has 1 aromatic heterocycles. The molecular weight excluding hydrogens is 289 g/mol. The molecule has 0 saturated carbocycles. The van der Waals surface area contributed by atoms with Crippen LogP contribution in [-0.4, -0.2) is 18.7 Å². The standard InChI is InChI=1S/C10H5F4NSe/c11-7-3-1-6(2-4-7)8-5-9(15-16-8)10(12,13)14/h1-5H. The quantitative estimate of drug-likeness (QED) is 0.582.